The normalized spacial score (nSPS) is 13.8. The van der Waals surface area contributed by atoms with E-state index in [0.717, 1.165) is 5.56 Å². The number of hydrogen-bond donors (Lipinski definition) is 0. The first-order chi connectivity index (χ1) is 18.0. The van der Waals surface area contributed by atoms with E-state index in [-0.39, 0.29) is 18.4 Å². The third-order valence-corrected chi connectivity index (χ3v) is 6.04. The number of ether oxygens (including phenoxy) is 3. The van der Waals surface area contributed by atoms with Crippen molar-refractivity contribution in [2.24, 2.45) is 5.92 Å². The van der Waals surface area contributed by atoms with Crippen LogP contribution in [-0.2, 0) is 25.6 Å². The van der Waals surface area contributed by atoms with Gasteiger partial charge in [0.2, 0.25) is 5.91 Å². The van der Waals surface area contributed by atoms with Crippen LogP contribution in [0.2, 0.25) is 0 Å². The minimum Gasteiger partial charge on any atom is -0.495 e. The van der Waals surface area contributed by atoms with Crippen molar-refractivity contribution in [3.8, 4) is 17.5 Å². The highest BCUT2D eigenvalue weighted by Gasteiger charge is 2.28. The molecular weight excluding hydrogens is 474 g/mol. The van der Waals surface area contributed by atoms with Gasteiger partial charge in [0.25, 0.3) is 0 Å². The third kappa shape index (κ3) is 6.20. The highest BCUT2D eigenvalue weighted by molar-refractivity contribution is 5.95. The summed E-state index contributed by atoms with van der Waals surface area (Å²) in [5.74, 6) is 0.231. The summed E-state index contributed by atoms with van der Waals surface area (Å²) in [5.41, 5.74) is 2.43. The van der Waals surface area contributed by atoms with Crippen molar-refractivity contribution in [2.75, 3.05) is 32.3 Å². The molecular formula is C27H27N5O5. The molecule has 0 atom stereocenters. The molecule has 1 fully saturated rings. The van der Waals surface area contributed by atoms with Crippen molar-refractivity contribution in [3.63, 3.8) is 0 Å². The Labute approximate surface area is 214 Å². The molecule has 1 amide bonds. The number of nitriles is 1. The van der Waals surface area contributed by atoms with Gasteiger partial charge in [0.1, 0.15) is 18.1 Å². The van der Waals surface area contributed by atoms with E-state index in [4.69, 9.17) is 9.47 Å². The molecule has 2 heterocycles. The highest BCUT2D eigenvalue weighted by Crippen LogP contribution is 2.26. The van der Waals surface area contributed by atoms with Crippen molar-refractivity contribution in [3.05, 3.63) is 71.8 Å². The fourth-order valence-electron chi connectivity index (χ4n) is 4.05. The molecule has 0 bridgehead atoms. The molecule has 190 valence electrons. The van der Waals surface area contributed by atoms with Crippen LogP contribution in [0.25, 0.3) is 11.8 Å². The zero-order chi connectivity index (χ0) is 26.2. The average Bonchev–Trinajstić information content (AvgIpc) is 3.43. The Bertz CT molecular complexity index is 1340. The Morgan fingerprint density at radius 2 is 2.03 bits per heavy atom. The largest absolute Gasteiger partial charge is 0.495 e. The predicted molar refractivity (Wildman–Crippen MR) is 135 cm³/mol. The number of aromatic nitrogens is 3. The van der Waals surface area contributed by atoms with Crippen LogP contribution in [0.3, 0.4) is 0 Å². The topological polar surface area (TPSA) is 120 Å². The van der Waals surface area contributed by atoms with Gasteiger partial charge < -0.3 is 19.1 Å². The van der Waals surface area contributed by atoms with Crippen molar-refractivity contribution in [2.45, 2.75) is 19.4 Å². The average molecular weight is 502 g/mol. The van der Waals surface area contributed by atoms with Gasteiger partial charge in [0.05, 0.1) is 32.0 Å². The number of carbonyl (C=O) groups is 2. The van der Waals surface area contributed by atoms with Crippen LogP contribution in [0, 0.1) is 17.2 Å². The van der Waals surface area contributed by atoms with Gasteiger partial charge in [-0.3, -0.25) is 4.79 Å². The first-order valence-electron chi connectivity index (χ1n) is 11.8. The van der Waals surface area contributed by atoms with E-state index in [9.17, 15) is 14.9 Å². The molecule has 10 nitrogen and oxygen atoms in total. The highest BCUT2D eigenvalue weighted by atomic mass is 16.5. The second-order valence-electron chi connectivity index (χ2n) is 8.36. The summed E-state index contributed by atoms with van der Waals surface area (Å²) in [6.07, 6.45) is 5.79. The molecule has 1 saturated heterocycles. The fourth-order valence-corrected chi connectivity index (χ4v) is 4.05. The van der Waals surface area contributed by atoms with Gasteiger partial charge in [-0.15, -0.1) is 5.10 Å². The molecule has 0 saturated carbocycles. The maximum atomic E-state index is 13.6. The Balaban J connectivity index is 1.63. The van der Waals surface area contributed by atoms with E-state index >= 15 is 0 Å². The monoisotopic (exact) mass is 501 g/mol. The van der Waals surface area contributed by atoms with Crippen LogP contribution >= 0.6 is 0 Å². The minimum atomic E-state index is -0.464. The van der Waals surface area contributed by atoms with Gasteiger partial charge >= 0.3 is 5.97 Å². The lowest BCUT2D eigenvalue weighted by Crippen LogP contribution is -2.38. The number of rotatable bonds is 8. The number of benzene rings is 2. The van der Waals surface area contributed by atoms with Crippen LogP contribution in [-0.4, -0.2) is 54.1 Å². The van der Waals surface area contributed by atoms with Crippen LogP contribution in [0.5, 0.6) is 5.75 Å². The number of methoxy groups -OCH3 is 2. The van der Waals surface area contributed by atoms with Gasteiger partial charge in [0.15, 0.2) is 5.82 Å². The number of esters is 1. The predicted octanol–water partition coefficient (Wildman–Crippen LogP) is 3.29. The maximum Gasteiger partial charge on any atom is 0.330 e. The van der Waals surface area contributed by atoms with E-state index in [2.05, 4.69) is 20.9 Å². The number of nitrogens with zero attached hydrogens (tertiary/aromatic N) is 5. The van der Waals surface area contributed by atoms with Crippen LogP contribution in [0.4, 0.5) is 5.69 Å². The summed E-state index contributed by atoms with van der Waals surface area (Å²) in [5, 5.41) is 14.0. The molecule has 0 unspecified atom stereocenters. The summed E-state index contributed by atoms with van der Waals surface area (Å²) in [6, 6.07) is 14.6. The third-order valence-electron chi connectivity index (χ3n) is 6.04. The molecule has 3 aromatic rings. The number of carbonyl (C=O) groups excluding carboxylic acids is 2. The quantitative estimate of drug-likeness (QED) is 0.341. The van der Waals surface area contributed by atoms with Gasteiger partial charge in [-0.1, -0.05) is 12.1 Å². The summed E-state index contributed by atoms with van der Waals surface area (Å²) < 4.78 is 16.9. The standard InChI is InChI=1S/C27H27N5O5/c1-35-24-8-7-23(15-21(24)16-28)32-18-29-25(30-32)17-31(27(34)20-10-12-37-13-11-20)22-5-3-4-19(14-22)6-9-26(33)36-2/h3-9,14-15,18,20H,10-13,17H2,1-2H3/b9-6+. The van der Waals surface area contributed by atoms with Crippen LogP contribution in [0.15, 0.2) is 54.9 Å². The van der Waals surface area contributed by atoms with Crippen molar-refractivity contribution >= 4 is 23.6 Å². The first kappa shape index (κ1) is 25.6. The first-order valence-corrected chi connectivity index (χ1v) is 11.8. The lowest BCUT2D eigenvalue weighted by Gasteiger charge is -2.29. The SMILES string of the molecule is COC(=O)/C=C/c1cccc(N(Cc2ncn(-c3ccc(OC)c(C#N)c3)n2)C(=O)C2CCOCC2)c1. The van der Waals surface area contributed by atoms with Gasteiger partial charge in [0, 0.05) is 30.9 Å². The molecule has 10 heteroatoms. The molecule has 0 radical (unpaired) electrons. The summed E-state index contributed by atoms with van der Waals surface area (Å²) in [6.45, 7) is 1.23. The van der Waals surface area contributed by atoms with Gasteiger partial charge in [-0.2, -0.15) is 5.26 Å². The second-order valence-corrected chi connectivity index (χ2v) is 8.36. The summed E-state index contributed by atoms with van der Waals surface area (Å²) in [7, 11) is 2.82. The van der Waals surface area contributed by atoms with Crippen molar-refractivity contribution < 1.29 is 23.8 Å². The second kappa shape index (κ2) is 12.0. The Kier molecular flexibility index (Phi) is 8.28. The van der Waals surface area contributed by atoms with E-state index in [1.165, 1.54) is 20.3 Å². The molecule has 0 aliphatic carbocycles. The summed E-state index contributed by atoms with van der Waals surface area (Å²) >= 11 is 0. The van der Waals surface area contributed by atoms with Crippen LogP contribution in [0.1, 0.15) is 29.8 Å². The van der Waals surface area contributed by atoms with Crippen LogP contribution < -0.4 is 9.64 Å². The maximum absolute atomic E-state index is 13.6. The zero-order valence-electron chi connectivity index (χ0n) is 20.7. The Morgan fingerprint density at radius 3 is 2.76 bits per heavy atom. The molecule has 4 rings (SSSR count). The number of hydrogen-bond acceptors (Lipinski definition) is 8. The lowest BCUT2D eigenvalue weighted by molar-refractivity contribution is -0.134. The number of anilines is 1. The van der Waals surface area contributed by atoms with E-state index in [0.29, 0.717) is 54.6 Å². The molecule has 1 aliphatic rings. The summed E-state index contributed by atoms with van der Waals surface area (Å²) in [4.78, 5) is 31.2. The van der Waals surface area contributed by atoms with Gasteiger partial charge in [-0.25, -0.2) is 14.5 Å². The number of amides is 1. The van der Waals surface area contributed by atoms with E-state index in [1.54, 1.807) is 40.2 Å². The van der Waals surface area contributed by atoms with E-state index in [1.807, 2.05) is 24.3 Å². The van der Waals surface area contributed by atoms with Gasteiger partial charge in [-0.05, 0) is 54.8 Å². The van der Waals surface area contributed by atoms with E-state index < -0.39 is 5.97 Å². The zero-order valence-corrected chi connectivity index (χ0v) is 20.7. The lowest BCUT2D eigenvalue weighted by atomic mass is 9.98. The molecule has 2 aromatic carbocycles. The Morgan fingerprint density at radius 1 is 1.22 bits per heavy atom. The smallest absolute Gasteiger partial charge is 0.330 e. The molecule has 37 heavy (non-hydrogen) atoms. The molecule has 1 aromatic heterocycles. The molecule has 0 spiro atoms. The molecule has 1 aliphatic heterocycles. The Hall–Kier alpha value is -4.49. The molecule has 0 N–H and O–H groups in total. The fraction of sp³-hybridized carbons (Fsp3) is 0.296. The van der Waals surface area contributed by atoms with Crippen molar-refractivity contribution in [1.82, 2.24) is 14.8 Å². The minimum absolute atomic E-state index is 0.0371. The van der Waals surface area contributed by atoms with Crippen molar-refractivity contribution in [1.29, 1.82) is 5.26 Å².